The number of ether oxygens (including phenoxy) is 1. The predicted octanol–water partition coefficient (Wildman–Crippen LogP) is 2.84. The van der Waals surface area contributed by atoms with Crippen molar-refractivity contribution in [1.82, 2.24) is 9.21 Å². The van der Waals surface area contributed by atoms with Gasteiger partial charge in [-0.1, -0.05) is 24.3 Å². The highest BCUT2D eigenvalue weighted by molar-refractivity contribution is 7.89. The molecule has 2 aromatic rings. The van der Waals surface area contributed by atoms with E-state index in [4.69, 9.17) is 9.15 Å². The summed E-state index contributed by atoms with van der Waals surface area (Å²) in [7, 11) is -3.77. The third kappa shape index (κ3) is 3.97. The quantitative estimate of drug-likeness (QED) is 0.695. The van der Waals surface area contributed by atoms with Crippen LogP contribution in [0, 0.1) is 0 Å². The van der Waals surface area contributed by atoms with Gasteiger partial charge in [-0.2, -0.15) is 4.31 Å². The van der Waals surface area contributed by atoms with Crippen LogP contribution in [-0.4, -0.2) is 56.4 Å². The van der Waals surface area contributed by atoms with E-state index in [9.17, 15) is 13.2 Å². The summed E-state index contributed by atoms with van der Waals surface area (Å²) in [5.41, 5.74) is 2.78. The molecule has 1 unspecified atom stereocenters. The molecular formula is C21H26N2O5S. The van der Waals surface area contributed by atoms with E-state index < -0.39 is 16.0 Å². The van der Waals surface area contributed by atoms with Crippen molar-refractivity contribution in [1.29, 1.82) is 0 Å². The van der Waals surface area contributed by atoms with Gasteiger partial charge in [0.2, 0.25) is 10.9 Å². The van der Waals surface area contributed by atoms with Crippen LogP contribution in [-0.2, 0) is 21.2 Å². The van der Waals surface area contributed by atoms with Gasteiger partial charge in [-0.15, -0.1) is 0 Å². The average Bonchev–Trinajstić information content (AvgIpc) is 3.25. The van der Waals surface area contributed by atoms with Crippen molar-refractivity contribution < 1.29 is 22.4 Å². The third-order valence-corrected chi connectivity index (χ3v) is 7.48. The summed E-state index contributed by atoms with van der Waals surface area (Å²) in [4.78, 5) is 14.1. The van der Waals surface area contributed by atoms with Gasteiger partial charge in [0.25, 0.3) is 10.0 Å². The van der Waals surface area contributed by atoms with Crippen LogP contribution in [0.1, 0.15) is 47.5 Å². The van der Waals surface area contributed by atoms with Crippen LogP contribution in [0.3, 0.4) is 0 Å². The molecule has 2 heterocycles. The van der Waals surface area contributed by atoms with Gasteiger partial charge in [-0.25, -0.2) is 13.2 Å². The van der Waals surface area contributed by atoms with Crippen LogP contribution in [0.25, 0.3) is 0 Å². The van der Waals surface area contributed by atoms with E-state index >= 15 is 0 Å². The molecule has 0 amide bonds. The second kappa shape index (κ2) is 8.30. The van der Waals surface area contributed by atoms with Gasteiger partial charge < -0.3 is 9.15 Å². The number of esters is 1. The van der Waals surface area contributed by atoms with Gasteiger partial charge >= 0.3 is 5.97 Å². The highest BCUT2D eigenvalue weighted by Gasteiger charge is 2.34. The summed E-state index contributed by atoms with van der Waals surface area (Å²) in [6.07, 6.45) is 3.37. The molecule has 1 aliphatic carbocycles. The third-order valence-electron chi connectivity index (χ3n) is 5.70. The minimum Gasteiger partial charge on any atom is -0.460 e. The lowest BCUT2D eigenvalue weighted by Crippen LogP contribution is -2.49. The number of furan rings is 1. The van der Waals surface area contributed by atoms with Gasteiger partial charge in [0.1, 0.15) is 0 Å². The lowest BCUT2D eigenvalue weighted by atomic mass is 9.86. The normalized spacial score (nSPS) is 20.9. The van der Waals surface area contributed by atoms with Crippen LogP contribution in [0.2, 0.25) is 0 Å². The minimum atomic E-state index is -3.77. The number of fused-ring (bicyclic) bond motifs is 1. The summed E-state index contributed by atoms with van der Waals surface area (Å²) >= 11 is 0. The Morgan fingerprint density at radius 3 is 2.66 bits per heavy atom. The Morgan fingerprint density at radius 1 is 1.14 bits per heavy atom. The smallest absolute Gasteiger partial charge is 0.374 e. The highest BCUT2D eigenvalue weighted by atomic mass is 32.2. The van der Waals surface area contributed by atoms with Crippen LogP contribution < -0.4 is 0 Å². The van der Waals surface area contributed by atoms with E-state index in [0.717, 1.165) is 19.3 Å². The molecule has 4 rings (SSSR count). The first kappa shape index (κ1) is 20.1. The van der Waals surface area contributed by atoms with Crippen molar-refractivity contribution in [2.75, 3.05) is 32.8 Å². The number of rotatable bonds is 5. The van der Waals surface area contributed by atoms with Gasteiger partial charge in [0.05, 0.1) is 6.61 Å². The van der Waals surface area contributed by atoms with Crippen molar-refractivity contribution >= 4 is 16.0 Å². The molecule has 0 radical (unpaired) electrons. The van der Waals surface area contributed by atoms with Crippen LogP contribution >= 0.6 is 0 Å². The number of piperazine rings is 1. The molecule has 156 valence electrons. The summed E-state index contributed by atoms with van der Waals surface area (Å²) in [5, 5.41) is -0.211. The molecule has 2 aliphatic rings. The first-order valence-electron chi connectivity index (χ1n) is 10.1. The van der Waals surface area contributed by atoms with E-state index in [2.05, 4.69) is 29.2 Å². The first-order valence-corrected chi connectivity index (χ1v) is 11.5. The van der Waals surface area contributed by atoms with Crippen molar-refractivity contribution in [3.05, 3.63) is 53.3 Å². The Bertz CT molecular complexity index is 976. The number of carbonyl (C=O) groups is 1. The Labute approximate surface area is 171 Å². The Morgan fingerprint density at radius 2 is 1.90 bits per heavy atom. The molecule has 1 aromatic carbocycles. The van der Waals surface area contributed by atoms with Crippen molar-refractivity contribution in [3.63, 3.8) is 0 Å². The van der Waals surface area contributed by atoms with Crippen LogP contribution in [0.15, 0.2) is 45.9 Å². The monoisotopic (exact) mass is 418 g/mol. The maximum Gasteiger partial charge on any atom is 0.374 e. The SMILES string of the molecule is CCOC(=O)c1ccc(S(=O)(=O)N2CCN(C3CCCc4ccccc43)CC2)o1. The molecule has 0 bridgehead atoms. The molecule has 0 saturated carbocycles. The van der Waals surface area contributed by atoms with E-state index in [1.807, 2.05) is 0 Å². The van der Waals surface area contributed by atoms with E-state index in [-0.39, 0.29) is 17.5 Å². The van der Waals surface area contributed by atoms with Crippen LogP contribution in [0.4, 0.5) is 0 Å². The minimum absolute atomic E-state index is 0.0946. The number of nitrogens with zero attached hydrogens (tertiary/aromatic N) is 2. The fourth-order valence-corrected chi connectivity index (χ4v) is 5.59. The molecule has 8 heteroatoms. The predicted molar refractivity (Wildman–Crippen MR) is 107 cm³/mol. The Kier molecular flexibility index (Phi) is 5.76. The zero-order valence-corrected chi connectivity index (χ0v) is 17.4. The average molecular weight is 419 g/mol. The van der Waals surface area contributed by atoms with E-state index in [1.165, 1.54) is 27.6 Å². The lowest BCUT2D eigenvalue weighted by Gasteiger charge is -2.40. The van der Waals surface area contributed by atoms with E-state index in [0.29, 0.717) is 32.2 Å². The Balaban J connectivity index is 1.44. The van der Waals surface area contributed by atoms with Gasteiger partial charge in [0, 0.05) is 32.2 Å². The molecule has 29 heavy (non-hydrogen) atoms. The Hall–Kier alpha value is -2.16. The summed E-state index contributed by atoms with van der Waals surface area (Å²) in [6, 6.07) is 11.6. The zero-order chi connectivity index (χ0) is 20.4. The number of benzene rings is 1. The molecule has 1 atom stereocenters. The highest BCUT2D eigenvalue weighted by Crippen LogP contribution is 2.35. The van der Waals surface area contributed by atoms with Crippen LogP contribution in [0.5, 0.6) is 0 Å². The maximum absolute atomic E-state index is 12.9. The number of aryl methyl sites for hydroxylation is 1. The van der Waals surface area contributed by atoms with Gasteiger partial charge in [-0.05, 0) is 49.4 Å². The molecule has 0 spiro atoms. The van der Waals surface area contributed by atoms with Crippen molar-refractivity contribution in [3.8, 4) is 0 Å². The fourth-order valence-electron chi connectivity index (χ4n) is 4.26. The molecule has 1 saturated heterocycles. The largest absolute Gasteiger partial charge is 0.460 e. The summed E-state index contributed by atoms with van der Waals surface area (Å²) < 4.78 is 37.4. The second-order valence-corrected chi connectivity index (χ2v) is 9.25. The van der Waals surface area contributed by atoms with E-state index in [1.54, 1.807) is 6.92 Å². The van der Waals surface area contributed by atoms with Crippen molar-refractivity contribution in [2.24, 2.45) is 0 Å². The summed E-state index contributed by atoms with van der Waals surface area (Å²) in [6.45, 7) is 4.02. The van der Waals surface area contributed by atoms with Gasteiger partial charge in [0.15, 0.2) is 0 Å². The molecule has 7 nitrogen and oxygen atoms in total. The number of hydrogen-bond acceptors (Lipinski definition) is 6. The molecular weight excluding hydrogens is 392 g/mol. The number of hydrogen-bond donors (Lipinski definition) is 0. The number of sulfonamides is 1. The standard InChI is InChI=1S/C21H26N2O5S/c1-2-27-21(24)19-10-11-20(28-19)29(25,26)23-14-12-22(13-15-23)18-9-5-7-16-6-3-4-8-17(16)18/h3-4,6,8,10-11,18H,2,5,7,9,12-15H2,1H3. The molecule has 1 aromatic heterocycles. The van der Waals surface area contributed by atoms with Gasteiger partial charge in [-0.3, -0.25) is 4.90 Å². The second-order valence-electron chi connectivity index (χ2n) is 7.39. The topological polar surface area (TPSA) is 80.1 Å². The van der Waals surface area contributed by atoms with Crippen molar-refractivity contribution in [2.45, 2.75) is 37.3 Å². The lowest BCUT2D eigenvalue weighted by molar-refractivity contribution is 0.0483. The first-order chi connectivity index (χ1) is 14.0. The fraction of sp³-hybridized carbons (Fsp3) is 0.476. The summed E-state index contributed by atoms with van der Waals surface area (Å²) in [5.74, 6) is -0.752. The number of carbonyl (C=O) groups excluding carboxylic acids is 1. The maximum atomic E-state index is 12.9. The molecule has 1 aliphatic heterocycles. The molecule has 1 fully saturated rings. The zero-order valence-electron chi connectivity index (χ0n) is 16.5. The molecule has 0 N–H and O–H groups in total.